The molecule has 0 bridgehead atoms. The molecule has 0 radical (unpaired) electrons. The molecule has 2 heteroatoms. The van der Waals surface area contributed by atoms with Crippen LogP contribution in [0.25, 0.3) is 0 Å². The molecule has 0 aliphatic heterocycles. The Labute approximate surface area is 131 Å². The molecule has 0 aliphatic carbocycles. The van der Waals surface area contributed by atoms with Crippen molar-refractivity contribution >= 4 is 0 Å². The second-order valence-electron chi connectivity index (χ2n) is 7.62. The van der Waals surface area contributed by atoms with Crippen LogP contribution in [0.2, 0.25) is 0 Å². The van der Waals surface area contributed by atoms with Gasteiger partial charge in [0.2, 0.25) is 0 Å². The van der Waals surface area contributed by atoms with Crippen molar-refractivity contribution in [3.05, 3.63) is 34.9 Å². The predicted octanol–water partition coefficient (Wildman–Crippen LogP) is 4.32. The molecule has 1 unspecified atom stereocenters. The maximum atomic E-state index is 3.64. The maximum Gasteiger partial charge on any atom is 0.0332 e. The average Bonchev–Trinajstić information content (AvgIpc) is 2.30. The van der Waals surface area contributed by atoms with Crippen LogP contribution in [0.15, 0.2) is 18.2 Å². The van der Waals surface area contributed by atoms with Crippen molar-refractivity contribution in [2.75, 3.05) is 26.7 Å². The lowest BCUT2D eigenvalue weighted by molar-refractivity contribution is 0.218. The van der Waals surface area contributed by atoms with Gasteiger partial charge in [-0.2, -0.15) is 0 Å². The zero-order valence-electron chi connectivity index (χ0n) is 15.1. The van der Waals surface area contributed by atoms with Crippen molar-refractivity contribution in [3.8, 4) is 0 Å². The molecular weight excluding hydrogens is 256 g/mol. The smallest absolute Gasteiger partial charge is 0.0332 e. The van der Waals surface area contributed by atoms with Crippen LogP contribution in [0.4, 0.5) is 0 Å². The van der Waals surface area contributed by atoms with Crippen LogP contribution < -0.4 is 5.32 Å². The molecule has 120 valence electrons. The first-order valence-electron chi connectivity index (χ1n) is 8.21. The minimum absolute atomic E-state index is 0.363. The fourth-order valence-electron chi connectivity index (χ4n) is 3.08. The molecule has 1 aromatic carbocycles. The largest absolute Gasteiger partial charge is 0.310 e. The quantitative estimate of drug-likeness (QED) is 0.804. The molecule has 0 aliphatic rings. The normalized spacial score (nSPS) is 13.7. The van der Waals surface area contributed by atoms with Gasteiger partial charge in [0, 0.05) is 12.6 Å². The van der Waals surface area contributed by atoms with Crippen molar-refractivity contribution < 1.29 is 0 Å². The van der Waals surface area contributed by atoms with E-state index in [9.17, 15) is 0 Å². The predicted molar refractivity (Wildman–Crippen MR) is 93.9 cm³/mol. The summed E-state index contributed by atoms with van der Waals surface area (Å²) in [6.07, 6.45) is 1.16. The van der Waals surface area contributed by atoms with E-state index in [2.05, 4.69) is 77.0 Å². The summed E-state index contributed by atoms with van der Waals surface area (Å²) in [5.74, 6) is 0. The van der Waals surface area contributed by atoms with Gasteiger partial charge in [-0.05, 0) is 51.4 Å². The number of hydrogen-bond donors (Lipinski definition) is 1. The summed E-state index contributed by atoms with van der Waals surface area (Å²) in [5, 5.41) is 3.64. The highest BCUT2D eigenvalue weighted by Gasteiger charge is 2.16. The summed E-state index contributed by atoms with van der Waals surface area (Å²) in [4.78, 5) is 2.45. The van der Waals surface area contributed by atoms with Gasteiger partial charge in [-0.25, -0.2) is 0 Å². The van der Waals surface area contributed by atoms with Crippen LogP contribution in [0.1, 0.15) is 56.8 Å². The first kappa shape index (κ1) is 18.2. The third-order valence-electron chi connectivity index (χ3n) is 3.64. The Kier molecular flexibility index (Phi) is 6.89. The summed E-state index contributed by atoms with van der Waals surface area (Å²) >= 11 is 0. The Balaban J connectivity index is 2.69. The molecule has 0 spiro atoms. The van der Waals surface area contributed by atoms with E-state index in [1.54, 1.807) is 0 Å². The third kappa shape index (κ3) is 7.10. The van der Waals surface area contributed by atoms with Gasteiger partial charge < -0.3 is 10.2 Å². The van der Waals surface area contributed by atoms with Crippen LogP contribution in [-0.2, 0) is 0 Å². The second-order valence-corrected chi connectivity index (χ2v) is 7.62. The lowest BCUT2D eigenvalue weighted by Crippen LogP contribution is -2.32. The van der Waals surface area contributed by atoms with Gasteiger partial charge in [0.25, 0.3) is 0 Å². The van der Waals surface area contributed by atoms with Gasteiger partial charge >= 0.3 is 0 Å². The summed E-state index contributed by atoms with van der Waals surface area (Å²) in [5.41, 5.74) is 4.51. The van der Waals surface area contributed by atoms with E-state index in [1.807, 2.05) is 0 Å². The topological polar surface area (TPSA) is 15.3 Å². The lowest BCUT2D eigenvalue weighted by Gasteiger charge is -2.28. The number of aryl methyl sites for hydroxylation is 2. The van der Waals surface area contributed by atoms with Crippen LogP contribution in [0.3, 0.4) is 0 Å². The average molecular weight is 290 g/mol. The molecule has 21 heavy (non-hydrogen) atoms. The maximum absolute atomic E-state index is 3.64. The van der Waals surface area contributed by atoms with E-state index < -0.39 is 0 Å². The van der Waals surface area contributed by atoms with Gasteiger partial charge in [-0.1, -0.05) is 57.0 Å². The SMILES string of the molecule is CCNC(CCN(C)CC(C)(C)C)c1cc(C)cc(C)c1. The zero-order valence-corrected chi connectivity index (χ0v) is 15.1. The molecule has 0 amide bonds. The Morgan fingerprint density at radius 3 is 2.14 bits per heavy atom. The van der Waals surface area contributed by atoms with Gasteiger partial charge in [0.1, 0.15) is 0 Å². The van der Waals surface area contributed by atoms with E-state index >= 15 is 0 Å². The molecule has 1 rings (SSSR count). The van der Waals surface area contributed by atoms with Gasteiger partial charge in [-0.15, -0.1) is 0 Å². The Bertz CT molecular complexity index is 411. The zero-order chi connectivity index (χ0) is 16.0. The van der Waals surface area contributed by atoms with Gasteiger partial charge in [-0.3, -0.25) is 0 Å². The Hall–Kier alpha value is -0.860. The fourth-order valence-corrected chi connectivity index (χ4v) is 3.08. The molecule has 0 heterocycles. The third-order valence-corrected chi connectivity index (χ3v) is 3.64. The van der Waals surface area contributed by atoms with Crippen LogP contribution in [-0.4, -0.2) is 31.6 Å². The van der Waals surface area contributed by atoms with E-state index in [0.717, 1.165) is 26.1 Å². The van der Waals surface area contributed by atoms with Crippen molar-refractivity contribution in [1.82, 2.24) is 10.2 Å². The molecule has 1 atom stereocenters. The molecule has 0 aromatic heterocycles. The van der Waals surface area contributed by atoms with E-state index in [0.29, 0.717) is 11.5 Å². The summed E-state index contributed by atoms with van der Waals surface area (Å²) in [6, 6.07) is 7.35. The number of benzene rings is 1. The van der Waals surface area contributed by atoms with E-state index in [-0.39, 0.29) is 0 Å². The van der Waals surface area contributed by atoms with E-state index in [4.69, 9.17) is 0 Å². The Morgan fingerprint density at radius 2 is 1.67 bits per heavy atom. The lowest BCUT2D eigenvalue weighted by atomic mass is 9.95. The van der Waals surface area contributed by atoms with E-state index in [1.165, 1.54) is 16.7 Å². The number of nitrogens with one attached hydrogen (secondary N) is 1. The molecule has 1 N–H and O–H groups in total. The summed E-state index contributed by atoms with van der Waals surface area (Å²) in [7, 11) is 2.23. The minimum atomic E-state index is 0.363. The van der Waals surface area contributed by atoms with Crippen LogP contribution in [0.5, 0.6) is 0 Å². The fraction of sp³-hybridized carbons (Fsp3) is 0.684. The van der Waals surface area contributed by atoms with Crippen LogP contribution in [0, 0.1) is 19.3 Å². The standard InChI is InChI=1S/C19H34N2/c1-8-20-18(9-10-21(7)14-19(4,5)6)17-12-15(2)11-16(3)13-17/h11-13,18,20H,8-10,14H2,1-7H3. The van der Waals surface area contributed by atoms with Crippen molar-refractivity contribution in [1.29, 1.82) is 0 Å². The monoisotopic (exact) mass is 290 g/mol. The minimum Gasteiger partial charge on any atom is -0.310 e. The van der Waals surface area contributed by atoms with Gasteiger partial charge in [0.05, 0.1) is 0 Å². The van der Waals surface area contributed by atoms with Gasteiger partial charge in [0.15, 0.2) is 0 Å². The summed E-state index contributed by atoms with van der Waals surface area (Å²) in [6.45, 7) is 16.7. The highest BCUT2D eigenvalue weighted by Crippen LogP contribution is 2.21. The van der Waals surface area contributed by atoms with Crippen molar-refractivity contribution in [2.45, 2.75) is 54.0 Å². The first-order valence-corrected chi connectivity index (χ1v) is 8.21. The van der Waals surface area contributed by atoms with Crippen LogP contribution >= 0.6 is 0 Å². The van der Waals surface area contributed by atoms with Crippen molar-refractivity contribution in [3.63, 3.8) is 0 Å². The number of rotatable bonds is 7. The molecular formula is C19H34N2. The first-order chi connectivity index (χ1) is 9.71. The highest BCUT2D eigenvalue weighted by molar-refractivity contribution is 5.30. The molecule has 0 saturated heterocycles. The molecule has 2 nitrogen and oxygen atoms in total. The summed E-state index contributed by atoms with van der Waals surface area (Å²) < 4.78 is 0. The second kappa shape index (κ2) is 7.95. The van der Waals surface area contributed by atoms with Crippen molar-refractivity contribution in [2.24, 2.45) is 5.41 Å². The number of hydrogen-bond acceptors (Lipinski definition) is 2. The highest BCUT2D eigenvalue weighted by atomic mass is 15.1. The number of nitrogens with zero attached hydrogens (tertiary/aromatic N) is 1. The molecule has 0 fully saturated rings. The molecule has 1 aromatic rings. The molecule has 0 saturated carbocycles. The Morgan fingerprint density at radius 1 is 1.10 bits per heavy atom.